The maximum absolute atomic E-state index is 13.6. The highest BCUT2D eigenvalue weighted by molar-refractivity contribution is 5.50. The molecule has 2 N–H and O–H groups in total. The average molecular weight is 274 g/mol. The van der Waals surface area contributed by atoms with E-state index >= 15 is 0 Å². The number of hydrogen-bond donors (Lipinski definition) is 2. The molecule has 20 heavy (non-hydrogen) atoms. The van der Waals surface area contributed by atoms with Gasteiger partial charge in [-0.3, -0.25) is 0 Å². The number of hydrogen-bond acceptors (Lipinski definition) is 3. The molecule has 3 nitrogen and oxygen atoms in total. The molecule has 0 aliphatic carbocycles. The fourth-order valence-corrected chi connectivity index (χ4v) is 1.76. The van der Waals surface area contributed by atoms with Crippen molar-refractivity contribution >= 4 is 5.69 Å². The number of benzene rings is 2. The van der Waals surface area contributed by atoms with E-state index in [0.717, 1.165) is 23.3 Å². The van der Waals surface area contributed by atoms with E-state index in [2.05, 4.69) is 5.32 Å². The number of aliphatic hydroxyl groups excluding tert-OH is 1. The lowest BCUT2D eigenvalue weighted by atomic mass is 10.1. The third-order valence-corrected chi connectivity index (χ3v) is 2.85. The van der Waals surface area contributed by atoms with Crippen molar-refractivity contribution in [2.24, 2.45) is 0 Å². The monoisotopic (exact) mass is 274 g/mol. The molecular weight excluding hydrogens is 262 g/mol. The van der Waals surface area contributed by atoms with E-state index in [-0.39, 0.29) is 24.4 Å². The van der Waals surface area contributed by atoms with E-state index in [9.17, 15) is 8.78 Å². The van der Waals surface area contributed by atoms with Gasteiger partial charge in [-0.1, -0.05) is 24.3 Å². The highest BCUT2D eigenvalue weighted by Gasteiger charge is 2.10. The van der Waals surface area contributed by atoms with Crippen LogP contribution in [0.15, 0.2) is 36.4 Å². The van der Waals surface area contributed by atoms with Crippen molar-refractivity contribution in [3.8, 4) is 6.07 Å². The summed E-state index contributed by atoms with van der Waals surface area (Å²) in [5.74, 6) is -1.60. The van der Waals surface area contributed by atoms with E-state index in [1.54, 1.807) is 30.3 Å². The van der Waals surface area contributed by atoms with Crippen molar-refractivity contribution in [2.75, 3.05) is 5.32 Å². The lowest BCUT2D eigenvalue weighted by molar-refractivity contribution is 0.282. The predicted molar refractivity (Wildman–Crippen MR) is 70.8 cm³/mol. The van der Waals surface area contributed by atoms with Crippen LogP contribution in [0.3, 0.4) is 0 Å². The van der Waals surface area contributed by atoms with Crippen LogP contribution in [0, 0.1) is 23.0 Å². The maximum atomic E-state index is 13.6. The molecule has 0 unspecified atom stereocenters. The summed E-state index contributed by atoms with van der Waals surface area (Å²) in [6.07, 6.45) is 0. The molecule has 0 amide bonds. The first-order valence-corrected chi connectivity index (χ1v) is 5.95. The van der Waals surface area contributed by atoms with Crippen molar-refractivity contribution in [2.45, 2.75) is 13.2 Å². The summed E-state index contributed by atoms with van der Waals surface area (Å²) < 4.78 is 27.3. The largest absolute Gasteiger partial charge is 0.392 e. The lowest BCUT2D eigenvalue weighted by Crippen LogP contribution is -2.04. The van der Waals surface area contributed by atoms with Crippen LogP contribution in [0.25, 0.3) is 0 Å². The van der Waals surface area contributed by atoms with Gasteiger partial charge in [-0.05, 0) is 23.3 Å². The Morgan fingerprint density at radius 2 is 1.60 bits per heavy atom. The van der Waals surface area contributed by atoms with Crippen LogP contribution in [-0.4, -0.2) is 5.11 Å². The molecule has 102 valence electrons. The molecule has 0 bridgehead atoms. The fourth-order valence-electron chi connectivity index (χ4n) is 1.76. The van der Waals surface area contributed by atoms with E-state index < -0.39 is 11.6 Å². The van der Waals surface area contributed by atoms with Gasteiger partial charge in [-0.2, -0.15) is 5.26 Å². The predicted octanol–water partition coefficient (Wildman–Crippen LogP) is 2.94. The van der Waals surface area contributed by atoms with Crippen LogP contribution in [0.5, 0.6) is 0 Å². The molecule has 0 spiro atoms. The molecule has 0 saturated heterocycles. The Hall–Kier alpha value is -2.45. The highest BCUT2D eigenvalue weighted by Crippen LogP contribution is 2.21. The van der Waals surface area contributed by atoms with Crippen LogP contribution in [0.4, 0.5) is 14.5 Å². The van der Waals surface area contributed by atoms with Gasteiger partial charge >= 0.3 is 0 Å². The van der Waals surface area contributed by atoms with Gasteiger partial charge in [0.2, 0.25) is 0 Å². The third kappa shape index (κ3) is 3.11. The SMILES string of the molecule is N#Cc1cc(F)c(NCc2ccc(CO)cc2)c(F)c1. The van der Waals surface area contributed by atoms with Gasteiger partial charge in [0.15, 0.2) is 11.6 Å². The molecule has 2 rings (SSSR count). The molecule has 0 fully saturated rings. The summed E-state index contributed by atoms with van der Waals surface area (Å²) in [6, 6.07) is 10.7. The minimum absolute atomic E-state index is 0.0490. The van der Waals surface area contributed by atoms with Crippen molar-refractivity contribution in [1.29, 1.82) is 5.26 Å². The second-order valence-corrected chi connectivity index (χ2v) is 4.25. The Morgan fingerprint density at radius 3 is 2.10 bits per heavy atom. The van der Waals surface area contributed by atoms with E-state index in [0.29, 0.717) is 0 Å². The van der Waals surface area contributed by atoms with Crippen LogP contribution in [0.2, 0.25) is 0 Å². The van der Waals surface area contributed by atoms with Crippen molar-refractivity contribution in [1.82, 2.24) is 0 Å². The van der Waals surface area contributed by atoms with Crippen LogP contribution < -0.4 is 5.32 Å². The average Bonchev–Trinajstić information content (AvgIpc) is 2.46. The van der Waals surface area contributed by atoms with Gasteiger partial charge in [-0.15, -0.1) is 0 Å². The first kappa shape index (κ1) is 14.0. The van der Waals surface area contributed by atoms with Gasteiger partial charge in [-0.25, -0.2) is 8.78 Å². The van der Waals surface area contributed by atoms with Crippen LogP contribution in [0.1, 0.15) is 16.7 Å². The topological polar surface area (TPSA) is 56.0 Å². The minimum atomic E-state index is -0.798. The summed E-state index contributed by atoms with van der Waals surface area (Å²) in [4.78, 5) is 0. The maximum Gasteiger partial charge on any atom is 0.150 e. The number of nitrogens with zero attached hydrogens (tertiary/aromatic N) is 1. The zero-order valence-electron chi connectivity index (χ0n) is 10.5. The summed E-state index contributed by atoms with van der Waals surface area (Å²) in [7, 11) is 0. The molecule has 0 atom stereocenters. The standard InChI is InChI=1S/C15H12F2N2O/c16-13-5-12(7-18)6-14(17)15(13)19-8-10-1-3-11(9-20)4-2-10/h1-6,19-20H,8-9H2. The number of rotatable bonds is 4. The first-order chi connectivity index (χ1) is 9.63. The zero-order chi connectivity index (χ0) is 14.5. The summed E-state index contributed by atoms with van der Waals surface area (Å²) in [5.41, 5.74) is 1.28. The molecule has 2 aromatic carbocycles. The molecule has 5 heteroatoms. The van der Waals surface area contributed by atoms with Crippen LogP contribution in [-0.2, 0) is 13.2 Å². The molecule has 0 aliphatic heterocycles. The Balaban J connectivity index is 2.12. The van der Waals surface area contributed by atoms with Gasteiger partial charge in [0, 0.05) is 6.54 Å². The van der Waals surface area contributed by atoms with E-state index in [1.807, 2.05) is 0 Å². The Labute approximate surface area is 115 Å². The van der Waals surface area contributed by atoms with Crippen LogP contribution >= 0.6 is 0 Å². The lowest BCUT2D eigenvalue weighted by Gasteiger charge is -2.09. The summed E-state index contributed by atoms with van der Waals surface area (Å²) in [6.45, 7) is 0.192. The number of aliphatic hydroxyl groups is 1. The van der Waals surface area contributed by atoms with Gasteiger partial charge < -0.3 is 10.4 Å². The van der Waals surface area contributed by atoms with Crippen molar-refractivity contribution < 1.29 is 13.9 Å². The molecule has 0 heterocycles. The molecule has 0 aliphatic rings. The third-order valence-electron chi connectivity index (χ3n) is 2.85. The second kappa shape index (κ2) is 6.13. The van der Waals surface area contributed by atoms with Crippen molar-refractivity contribution in [3.63, 3.8) is 0 Å². The normalized spacial score (nSPS) is 10.1. The molecule has 2 aromatic rings. The first-order valence-electron chi connectivity index (χ1n) is 5.95. The fraction of sp³-hybridized carbons (Fsp3) is 0.133. The van der Waals surface area contributed by atoms with Crippen molar-refractivity contribution in [3.05, 3.63) is 64.7 Å². The molecule has 0 aromatic heterocycles. The zero-order valence-corrected chi connectivity index (χ0v) is 10.5. The second-order valence-electron chi connectivity index (χ2n) is 4.25. The summed E-state index contributed by atoms with van der Waals surface area (Å²) >= 11 is 0. The number of anilines is 1. The molecule has 0 saturated carbocycles. The van der Waals surface area contributed by atoms with Gasteiger partial charge in [0.05, 0.1) is 18.2 Å². The van der Waals surface area contributed by atoms with Gasteiger partial charge in [0.1, 0.15) is 5.69 Å². The Bertz CT molecular complexity index is 625. The molecule has 0 radical (unpaired) electrons. The Kier molecular flexibility index (Phi) is 4.28. The number of halogens is 2. The quantitative estimate of drug-likeness (QED) is 0.901. The number of nitriles is 1. The number of nitrogens with one attached hydrogen (secondary N) is 1. The Morgan fingerprint density at radius 1 is 1.05 bits per heavy atom. The van der Waals surface area contributed by atoms with E-state index in [1.165, 1.54) is 0 Å². The van der Waals surface area contributed by atoms with E-state index in [4.69, 9.17) is 10.4 Å². The molecular formula is C15H12F2N2O. The summed E-state index contributed by atoms with van der Waals surface area (Å²) in [5, 5.41) is 20.2. The highest BCUT2D eigenvalue weighted by atomic mass is 19.1. The van der Waals surface area contributed by atoms with Gasteiger partial charge in [0.25, 0.3) is 0 Å². The smallest absolute Gasteiger partial charge is 0.150 e. The minimum Gasteiger partial charge on any atom is -0.392 e.